The number of rotatable bonds is 6. The molecule has 0 spiro atoms. The molecular formula is C20H19F5N6. The van der Waals surface area contributed by atoms with Gasteiger partial charge >= 0.3 is 0 Å². The van der Waals surface area contributed by atoms with E-state index in [1.165, 1.54) is 6.20 Å². The molecule has 0 saturated carbocycles. The number of halogens is 5. The van der Waals surface area contributed by atoms with Crippen molar-refractivity contribution in [3.05, 3.63) is 53.6 Å². The first-order valence-electron chi connectivity index (χ1n) is 9.65. The highest BCUT2D eigenvalue weighted by molar-refractivity contribution is 5.79. The number of hydrogen-bond donors (Lipinski definition) is 1. The van der Waals surface area contributed by atoms with Crippen LogP contribution >= 0.6 is 0 Å². The quantitative estimate of drug-likeness (QED) is 0.470. The number of nitrogens with zero attached hydrogens (tertiary/aromatic N) is 5. The number of hydrogen-bond acceptors (Lipinski definition) is 6. The number of benzene rings is 1. The molecule has 0 bridgehead atoms. The van der Waals surface area contributed by atoms with Crippen molar-refractivity contribution in [2.75, 3.05) is 42.9 Å². The lowest BCUT2D eigenvalue weighted by atomic mass is 10.1. The molecule has 0 radical (unpaired) electrons. The van der Waals surface area contributed by atoms with Gasteiger partial charge in [0.2, 0.25) is 0 Å². The van der Waals surface area contributed by atoms with Gasteiger partial charge in [0.05, 0.1) is 18.3 Å². The van der Waals surface area contributed by atoms with E-state index < -0.39 is 30.4 Å². The van der Waals surface area contributed by atoms with E-state index in [2.05, 4.69) is 20.3 Å². The fraction of sp³-hybridized carbons (Fsp3) is 0.350. The molecule has 0 unspecified atom stereocenters. The van der Waals surface area contributed by atoms with Crippen molar-refractivity contribution in [3.8, 4) is 0 Å². The zero-order valence-corrected chi connectivity index (χ0v) is 16.3. The Hall–Kier alpha value is -3.08. The molecule has 4 rings (SSSR count). The topological polar surface area (TPSA) is 57.2 Å². The molecular weight excluding hydrogens is 419 g/mol. The normalized spacial score (nSPS) is 15.1. The Bertz CT molecular complexity index is 1070. The smallest absolute Gasteiger partial charge is 0.255 e. The van der Waals surface area contributed by atoms with Gasteiger partial charge in [0.25, 0.3) is 6.43 Å². The van der Waals surface area contributed by atoms with Crippen LogP contribution < -0.4 is 10.2 Å². The number of piperazine rings is 1. The Labute approximate surface area is 174 Å². The maximum atomic E-state index is 13.9. The number of fused-ring (bicyclic) bond motifs is 1. The van der Waals surface area contributed by atoms with Crippen LogP contribution in [0.2, 0.25) is 0 Å². The van der Waals surface area contributed by atoms with Crippen LogP contribution in [0, 0.1) is 17.5 Å². The van der Waals surface area contributed by atoms with Gasteiger partial charge in [-0.05, 0) is 12.1 Å². The summed E-state index contributed by atoms with van der Waals surface area (Å²) in [6, 6.07) is 3.10. The van der Waals surface area contributed by atoms with Crippen molar-refractivity contribution in [3.63, 3.8) is 0 Å². The summed E-state index contributed by atoms with van der Waals surface area (Å²) in [6.07, 6.45) is 0.525. The Balaban J connectivity index is 1.50. The molecule has 0 aliphatic carbocycles. The van der Waals surface area contributed by atoms with E-state index in [0.717, 1.165) is 6.07 Å². The van der Waals surface area contributed by atoms with Crippen LogP contribution in [0.1, 0.15) is 5.56 Å². The van der Waals surface area contributed by atoms with E-state index in [0.29, 0.717) is 49.1 Å². The Kier molecular flexibility index (Phi) is 6.12. The zero-order chi connectivity index (χ0) is 22.0. The van der Waals surface area contributed by atoms with Gasteiger partial charge in [-0.3, -0.25) is 9.88 Å². The van der Waals surface area contributed by atoms with Crippen molar-refractivity contribution in [1.29, 1.82) is 0 Å². The lowest BCUT2D eigenvalue weighted by molar-refractivity contribution is 0.163. The molecule has 3 heterocycles. The predicted octanol–water partition coefficient (Wildman–Crippen LogP) is 3.44. The minimum Gasteiger partial charge on any atom is -0.361 e. The first-order chi connectivity index (χ1) is 14.9. The van der Waals surface area contributed by atoms with Crippen LogP contribution in [0.5, 0.6) is 0 Å². The van der Waals surface area contributed by atoms with Gasteiger partial charge in [-0.15, -0.1) is 0 Å². The monoisotopic (exact) mass is 438 g/mol. The summed E-state index contributed by atoms with van der Waals surface area (Å²) in [5.41, 5.74) is 1.14. The molecule has 11 heteroatoms. The Morgan fingerprint density at radius 1 is 0.935 bits per heavy atom. The standard InChI is InChI=1S/C20H19F5N6/c21-13-8-15(23)14(22)7-12(13)11-30-3-5-31(6-4-30)20-19(27-10-18(24)25)28-17-9-26-2-1-16(17)29-20/h1-2,7-9,18H,3-6,10-11H2,(H,27,28). The summed E-state index contributed by atoms with van der Waals surface area (Å²) in [7, 11) is 0. The highest BCUT2D eigenvalue weighted by Gasteiger charge is 2.23. The summed E-state index contributed by atoms with van der Waals surface area (Å²) in [5, 5.41) is 2.64. The molecule has 3 aromatic rings. The summed E-state index contributed by atoms with van der Waals surface area (Å²) >= 11 is 0. The average Bonchev–Trinajstić information content (AvgIpc) is 2.76. The second-order valence-electron chi connectivity index (χ2n) is 7.15. The predicted molar refractivity (Wildman–Crippen MR) is 106 cm³/mol. The fourth-order valence-electron chi connectivity index (χ4n) is 3.45. The van der Waals surface area contributed by atoms with Gasteiger partial charge < -0.3 is 10.2 Å². The average molecular weight is 438 g/mol. The van der Waals surface area contributed by atoms with Crippen LogP contribution in [-0.4, -0.2) is 59.0 Å². The van der Waals surface area contributed by atoms with Crippen LogP contribution in [0.4, 0.5) is 33.6 Å². The van der Waals surface area contributed by atoms with Gasteiger partial charge in [0, 0.05) is 50.6 Å². The minimum atomic E-state index is -2.55. The van der Waals surface area contributed by atoms with Crippen molar-refractivity contribution >= 4 is 22.7 Å². The molecule has 1 aliphatic rings. The molecule has 1 aliphatic heterocycles. The highest BCUT2D eigenvalue weighted by atomic mass is 19.3. The molecule has 1 N–H and O–H groups in total. The van der Waals surface area contributed by atoms with Crippen molar-refractivity contribution in [2.24, 2.45) is 0 Å². The van der Waals surface area contributed by atoms with E-state index in [1.807, 2.05) is 9.80 Å². The summed E-state index contributed by atoms with van der Waals surface area (Å²) < 4.78 is 66.0. The molecule has 0 atom stereocenters. The summed E-state index contributed by atoms with van der Waals surface area (Å²) in [4.78, 5) is 16.7. The number of pyridine rings is 1. The van der Waals surface area contributed by atoms with Crippen LogP contribution in [0.25, 0.3) is 11.0 Å². The second kappa shape index (κ2) is 8.96. The third-order valence-electron chi connectivity index (χ3n) is 5.03. The largest absolute Gasteiger partial charge is 0.361 e. The Morgan fingerprint density at radius 2 is 1.68 bits per heavy atom. The molecule has 2 aromatic heterocycles. The first kappa shape index (κ1) is 21.2. The van der Waals surface area contributed by atoms with E-state index in [4.69, 9.17) is 0 Å². The van der Waals surface area contributed by atoms with Gasteiger partial charge in [-0.2, -0.15) is 0 Å². The molecule has 1 saturated heterocycles. The van der Waals surface area contributed by atoms with E-state index in [9.17, 15) is 22.0 Å². The van der Waals surface area contributed by atoms with Gasteiger partial charge in [0.15, 0.2) is 23.3 Å². The first-order valence-corrected chi connectivity index (χ1v) is 9.65. The second-order valence-corrected chi connectivity index (χ2v) is 7.15. The SMILES string of the molecule is Fc1cc(F)c(CN2CCN(c3nc4ccncc4nc3NCC(F)F)CC2)cc1F. The summed E-state index contributed by atoms with van der Waals surface area (Å²) in [5.74, 6) is -2.43. The van der Waals surface area contributed by atoms with Crippen molar-refractivity contribution in [2.45, 2.75) is 13.0 Å². The number of aromatic nitrogens is 3. The minimum absolute atomic E-state index is 0.0737. The zero-order valence-electron chi connectivity index (χ0n) is 16.3. The van der Waals surface area contributed by atoms with E-state index >= 15 is 0 Å². The summed E-state index contributed by atoms with van der Waals surface area (Å²) in [6.45, 7) is 1.48. The van der Waals surface area contributed by atoms with Gasteiger partial charge in [0.1, 0.15) is 11.3 Å². The number of nitrogens with one attached hydrogen (secondary N) is 1. The van der Waals surface area contributed by atoms with Gasteiger partial charge in [-0.1, -0.05) is 0 Å². The highest BCUT2D eigenvalue weighted by Crippen LogP contribution is 2.26. The Morgan fingerprint density at radius 3 is 2.42 bits per heavy atom. The molecule has 0 amide bonds. The fourth-order valence-corrected chi connectivity index (χ4v) is 3.45. The maximum Gasteiger partial charge on any atom is 0.255 e. The third-order valence-corrected chi connectivity index (χ3v) is 5.03. The molecule has 1 fully saturated rings. The van der Waals surface area contributed by atoms with Crippen LogP contribution in [0.15, 0.2) is 30.6 Å². The number of alkyl halides is 2. The van der Waals surface area contributed by atoms with Crippen LogP contribution in [0.3, 0.4) is 0 Å². The molecule has 1 aromatic carbocycles. The van der Waals surface area contributed by atoms with Gasteiger partial charge in [-0.25, -0.2) is 31.9 Å². The molecule has 6 nitrogen and oxygen atoms in total. The van der Waals surface area contributed by atoms with E-state index in [-0.39, 0.29) is 17.9 Å². The number of anilines is 2. The molecule has 31 heavy (non-hydrogen) atoms. The lowest BCUT2D eigenvalue weighted by Crippen LogP contribution is -2.46. The van der Waals surface area contributed by atoms with E-state index in [1.54, 1.807) is 12.3 Å². The lowest BCUT2D eigenvalue weighted by Gasteiger charge is -2.36. The molecule has 164 valence electrons. The maximum absolute atomic E-state index is 13.9. The van der Waals surface area contributed by atoms with Crippen molar-refractivity contribution in [1.82, 2.24) is 19.9 Å². The third kappa shape index (κ3) is 4.82. The van der Waals surface area contributed by atoms with Crippen molar-refractivity contribution < 1.29 is 22.0 Å². The van der Waals surface area contributed by atoms with Crippen LogP contribution in [-0.2, 0) is 6.54 Å².